The smallest absolute Gasteiger partial charge is 0.410 e. The van der Waals surface area contributed by atoms with Gasteiger partial charge in [0.2, 0.25) is 0 Å². The molecule has 1 saturated heterocycles. The number of rotatable bonds is 4. The number of hydrogen-bond acceptors (Lipinski definition) is 4. The average Bonchev–Trinajstić information content (AvgIpc) is 2.77. The highest BCUT2D eigenvalue weighted by atomic mass is 19.1. The maximum absolute atomic E-state index is 13.5. The first-order valence-electron chi connectivity index (χ1n) is 11.0. The zero-order chi connectivity index (χ0) is 22.7. The third-order valence-corrected chi connectivity index (χ3v) is 5.68. The van der Waals surface area contributed by atoms with E-state index in [4.69, 9.17) is 9.47 Å². The Labute approximate surface area is 188 Å². The highest BCUT2D eigenvalue weighted by molar-refractivity contribution is 5.81. The molecule has 5 nitrogen and oxygen atoms in total. The number of fused-ring (bicyclic) bond motifs is 1. The van der Waals surface area contributed by atoms with Gasteiger partial charge in [-0.1, -0.05) is 24.3 Å². The molecular formula is C26H29FN2O3. The Hall–Kier alpha value is -2.99. The molecule has 1 aliphatic rings. The van der Waals surface area contributed by atoms with Crippen molar-refractivity contribution in [2.24, 2.45) is 0 Å². The number of pyridine rings is 1. The van der Waals surface area contributed by atoms with Crippen LogP contribution in [0.3, 0.4) is 0 Å². The van der Waals surface area contributed by atoms with Crippen LogP contribution in [-0.2, 0) is 16.1 Å². The van der Waals surface area contributed by atoms with Crippen LogP contribution < -0.4 is 0 Å². The Bertz CT molecular complexity index is 1080. The second kappa shape index (κ2) is 9.25. The van der Waals surface area contributed by atoms with Crippen molar-refractivity contribution in [1.29, 1.82) is 0 Å². The van der Waals surface area contributed by atoms with E-state index in [1.807, 2.05) is 57.3 Å². The monoisotopic (exact) mass is 436 g/mol. The lowest BCUT2D eigenvalue weighted by molar-refractivity contribution is -0.0359. The number of carbonyl (C=O) groups is 1. The van der Waals surface area contributed by atoms with Crippen molar-refractivity contribution in [3.63, 3.8) is 0 Å². The highest BCUT2D eigenvalue weighted by Crippen LogP contribution is 2.32. The standard InChI is InChI=1S/C26H29FN2O3/c1-26(2,3)32-25(30)29-13-11-23(19-6-8-22(27)9-7-19)24(16-29)31-17-18-4-5-21-15-28-12-10-20(21)14-18/h4-10,12,14-15,23-24H,11,13,16-17H2,1-3H3. The first-order valence-corrected chi connectivity index (χ1v) is 11.0. The molecular weight excluding hydrogens is 407 g/mol. The van der Waals surface area contributed by atoms with Crippen LogP contribution in [0.5, 0.6) is 0 Å². The molecule has 0 aliphatic carbocycles. The van der Waals surface area contributed by atoms with E-state index in [-0.39, 0.29) is 23.9 Å². The minimum atomic E-state index is -0.554. The van der Waals surface area contributed by atoms with E-state index in [9.17, 15) is 9.18 Å². The number of ether oxygens (including phenoxy) is 2. The van der Waals surface area contributed by atoms with Gasteiger partial charge in [-0.05, 0) is 68.0 Å². The number of likely N-dealkylation sites (tertiary alicyclic amines) is 1. The largest absolute Gasteiger partial charge is 0.444 e. The summed E-state index contributed by atoms with van der Waals surface area (Å²) in [6.45, 7) is 7.00. The summed E-state index contributed by atoms with van der Waals surface area (Å²) in [5.41, 5.74) is 1.52. The van der Waals surface area contributed by atoms with Crippen molar-refractivity contribution >= 4 is 16.9 Å². The summed E-state index contributed by atoms with van der Waals surface area (Å²) in [6, 6.07) is 14.7. The van der Waals surface area contributed by atoms with E-state index < -0.39 is 5.60 Å². The second-order valence-electron chi connectivity index (χ2n) is 9.28. The SMILES string of the molecule is CC(C)(C)OC(=O)N1CCC(c2ccc(F)cc2)C(OCc2ccc3cnccc3c2)C1. The van der Waals surface area contributed by atoms with Crippen molar-refractivity contribution in [2.75, 3.05) is 13.1 Å². The molecule has 0 bridgehead atoms. The maximum atomic E-state index is 13.5. The molecule has 168 valence electrons. The predicted molar refractivity (Wildman–Crippen MR) is 122 cm³/mol. The number of aromatic nitrogens is 1. The van der Waals surface area contributed by atoms with Gasteiger partial charge in [0.1, 0.15) is 11.4 Å². The normalized spacial score (nSPS) is 19.2. The minimum Gasteiger partial charge on any atom is -0.444 e. The van der Waals surface area contributed by atoms with Crippen LogP contribution in [-0.4, -0.2) is 40.8 Å². The van der Waals surface area contributed by atoms with E-state index in [0.29, 0.717) is 19.7 Å². The van der Waals surface area contributed by atoms with E-state index in [1.165, 1.54) is 12.1 Å². The van der Waals surface area contributed by atoms with Crippen LogP contribution in [0.4, 0.5) is 9.18 Å². The molecule has 0 N–H and O–H groups in total. The van der Waals surface area contributed by atoms with Gasteiger partial charge in [-0.2, -0.15) is 0 Å². The molecule has 3 aromatic rings. The summed E-state index contributed by atoms with van der Waals surface area (Å²) in [4.78, 5) is 18.5. The third-order valence-electron chi connectivity index (χ3n) is 5.68. The predicted octanol–water partition coefficient (Wildman–Crippen LogP) is 5.68. The zero-order valence-electron chi connectivity index (χ0n) is 18.8. The first-order chi connectivity index (χ1) is 15.3. The van der Waals surface area contributed by atoms with E-state index in [0.717, 1.165) is 28.3 Å². The minimum absolute atomic E-state index is 0.0685. The molecule has 2 atom stereocenters. The van der Waals surface area contributed by atoms with Crippen LogP contribution in [0.2, 0.25) is 0 Å². The number of amides is 1. The Balaban J connectivity index is 1.52. The Morgan fingerprint density at radius 1 is 1.12 bits per heavy atom. The fourth-order valence-corrected chi connectivity index (χ4v) is 4.09. The summed E-state index contributed by atoms with van der Waals surface area (Å²) < 4.78 is 25.4. The van der Waals surface area contributed by atoms with Crippen molar-refractivity contribution in [3.05, 3.63) is 77.9 Å². The zero-order valence-corrected chi connectivity index (χ0v) is 18.8. The van der Waals surface area contributed by atoms with E-state index in [2.05, 4.69) is 11.1 Å². The van der Waals surface area contributed by atoms with Crippen LogP contribution in [0.25, 0.3) is 10.8 Å². The molecule has 1 aromatic heterocycles. The van der Waals surface area contributed by atoms with E-state index in [1.54, 1.807) is 11.1 Å². The Morgan fingerprint density at radius 2 is 1.91 bits per heavy atom. The molecule has 0 radical (unpaired) electrons. The van der Waals surface area contributed by atoms with Gasteiger partial charge in [-0.25, -0.2) is 9.18 Å². The van der Waals surface area contributed by atoms with Gasteiger partial charge >= 0.3 is 6.09 Å². The van der Waals surface area contributed by atoms with Crippen LogP contribution >= 0.6 is 0 Å². The van der Waals surface area contributed by atoms with Crippen molar-refractivity contribution < 1.29 is 18.7 Å². The molecule has 0 saturated carbocycles. The van der Waals surface area contributed by atoms with Gasteiger partial charge in [0.25, 0.3) is 0 Å². The number of halogens is 1. The van der Waals surface area contributed by atoms with E-state index >= 15 is 0 Å². The maximum Gasteiger partial charge on any atom is 0.410 e. The quantitative estimate of drug-likeness (QED) is 0.528. The fourth-order valence-electron chi connectivity index (χ4n) is 4.09. The first kappa shape index (κ1) is 22.2. The van der Waals surface area contributed by atoms with Crippen LogP contribution in [0, 0.1) is 5.82 Å². The van der Waals surface area contributed by atoms with Gasteiger partial charge in [-0.15, -0.1) is 0 Å². The number of piperidine rings is 1. The Morgan fingerprint density at radius 3 is 2.66 bits per heavy atom. The number of benzene rings is 2. The summed E-state index contributed by atoms with van der Waals surface area (Å²) in [5.74, 6) is -0.193. The molecule has 4 rings (SSSR count). The number of carbonyl (C=O) groups excluding carboxylic acids is 1. The summed E-state index contributed by atoms with van der Waals surface area (Å²) >= 11 is 0. The molecule has 0 spiro atoms. The topological polar surface area (TPSA) is 51.7 Å². The molecule has 1 fully saturated rings. The van der Waals surface area contributed by atoms with Crippen molar-refractivity contribution in [1.82, 2.24) is 9.88 Å². The second-order valence-corrected chi connectivity index (χ2v) is 9.28. The van der Waals surface area contributed by atoms with Gasteiger partial charge in [-0.3, -0.25) is 4.98 Å². The molecule has 1 aliphatic heterocycles. The fraction of sp³-hybridized carbons (Fsp3) is 0.385. The van der Waals surface area contributed by atoms with Gasteiger partial charge in [0, 0.05) is 30.2 Å². The summed E-state index contributed by atoms with van der Waals surface area (Å²) in [5, 5.41) is 2.18. The van der Waals surface area contributed by atoms with Crippen LogP contribution in [0.1, 0.15) is 44.2 Å². The van der Waals surface area contributed by atoms with Gasteiger partial charge in [0.05, 0.1) is 19.3 Å². The molecule has 2 heterocycles. The molecule has 6 heteroatoms. The van der Waals surface area contributed by atoms with Crippen molar-refractivity contribution in [2.45, 2.75) is 51.4 Å². The Kier molecular flexibility index (Phi) is 6.42. The molecule has 1 amide bonds. The van der Waals surface area contributed by atoms with Gasteiger partial charge in [0.15, 0.2) is 0 Å². The number of hydrogen-bond donors (Lipinski definition) is 0. The molecule has 32 heavy (non-hydrogen) atoms. The van der Waals surface area contributed by atoms with Crippen molar-refractivity contribution in [3.8, 4) is 0 Å². The van der Waals surface area contributed by atoms with Crippen LogP contribution in [0.15, 0.2) is 60.9 Å². The lowest BCUT2D eigenvalue weighted by Crippen LogP contribution is -2.48. The number of nitrogens with zero attached hydrogens (tertiary/aromatic N) is 2. The van der Waals surface area contributed by atoms with Gasteiger partial charge < -0.3 is 14.4 Å². The molecule has 2 aromatic carbocycles. The third kappa shape index (κ3) is 5.43. The molecule has 2 unspecified atom stereocenters. The summed E-state index contributed by atoms with van der Waals surface area (Å²) in [6.07, 6.45) is 3.78. The highest BCUT2D eigenvalue weighted by Gasteiger charge is 2.35. The summed E-state index contributed by atoms with van der Waals surface area (Å²) in [7, 11) is 0. The average molecular weight is 437 g/mol. The lowest BCUT2D eigenvalue weighted by atomic mass is 9.87. The lowest BCUT2D eigenvalue weighted by Gasteiger charge is -2.39.